The Kier molecular flexibility index (Phi) is 5.02. The molecule has 1 N–H and O–H groups in total. The van der Waals surface area contributed by atoms with Crippen molar-refractivity contribution >= 4 is 11.4 Å². The lowest BCUT2D eigenvalue weighted by Gasteiger charge is -2.29. The number of likely N-dealkylation sites (tertiary alicyclic amines) is 1. The van der Waals surface area contributed by atoms with Crippen LogP contribution < -0.4 is 10.2 Å². The Hall–Kier alpha value is -1.22. The highest BCUT2D eigenvalue weighted by Crippen LogP contribution is 2.23. The molecule has 1 unspecified atom stereocenters. The van der Waals surface area contributed by atoms with Crippen molar-refractivity contribution in [1.29, 1.82) is 0 Å². The molecule has 0 aromatic heterocycles. The van der Waals surface area contributed by atoms with Crippen LogP contribution in [0, 0.1) is 0 Å². The van der Waals surface area contributed by atoms with Crippen LogP contribution in [0.4, 0.5) is 11.4 Å². The van der Waals surface area contributed by atoms with Crippen LogP contribution in [0.5, 0.6) is 0 Å². The van der Waals surface area contributed by atoms with Gasteiger partial charge in [0.05, 0.1) is 0 Å². The summed E-state index contributed by atoms with van der Waals surface area (Å²) in [6.45, 7) is 4.90. The monoisotopic (exact) mass is 287 g/mol. The fraction of sp³-hybridized carbons (Fsp3) is 0.667. The van der Waals surface area contributed by atoms with Gasteiger partial charge in [0.2, 0.25) is 0 Å². The maximum atomic E-state index is 3.73. The summed E-state index contributed by atoms with van der Waals surface area (Å²) in [6, 6.07) is 9.74. The average Bonchev–Trinajstić information content (AvgIpc) is 2.74. The first-order valence-corrected chi connectivity index (χ1v) is 8.61. The number of hydrogen-bond acceptors (Lipinski definition) is 3. The first-order valence-electron chi connectivity index (χ1n) is 8.61. The Morgan fingerprint density at radius 3 is 2.38 bits per heavy atom. The second-order valence-corrected chi connectivity index (χ2v) is 6.67. The van der Waals surface area contributed by atoms with E-state index in [4.69, 9.17) is 0 Å². The van der Waals surface area contributed by atoms with E-state index in [0.29, 0.717) is 6.04 Å². The second-order valence-electron chi connectivity index (χ2n) is 6.67. The van der Waals surface area contributed by atoms with Crippen molar-refractivity contribution in [3.8, 4) is 0 Å². The maximum Gasteiger partial charge on any atom is 0.0367 e. The van der Waals surface area contributed by atoms with Gasteiger partial charge in [-0.15, -0.1) is 0 Å². The highest BCUT2D eigenvalue weighted by Gasteiger charge is 2.15. The predicted octanol–water partition coefficient (Wildman–Crippen LogP) is 3.57. The van der Waals surface area contributed by atoms with Gasteiger partial charge in [-0.25, -0.2) is 0 Å². The summed E-state index contributed by atoms with van der Waals surface area (Å²) in [7, 11) is 2.23. The van der Waals surface area contributed by atoms with E-state index in [-0.39, 0.29) is 0 Å². The van der Waals surface area contributed by atoms with Gasteiger partial charge in [0.15, 0.2) is 0 Å². The van der Waals surface area contributed by atoms with E-state index in [1.54, 1.807) is 0 Å². The lowest BCUT2D eigenvalue weighted by molar-refractivity contribution is 0.348. The SMILES string of the molecule is CN1CCCC(Nc2ccc(N3CCCCC3)cc2)CC1. The molecule has 2 heterocycles. The number of hydrogen-bond donors (Lipinski definition) is 1. The van der Waals surface area contributed by atoms with Crippen molar-refractivity contribution < 1.29 is 0 Å². The third-order valence-electron chi connectivity index (χ3n) is 4.91. The minimum Gasteiger partial charge on any atom is -0.382 e. The number of nitrogens with one attached hydrogen (secondary N) is 1. The first-order chi connectivity index (χ1) is 10.3. The lowest BCUT2D eigenvalue weighted by Crippen LogP contribution is -2.29. The van der Waals surface area contributed by atoms with E-state index in [1.165, 1.54) is 76.1 Å². The molecule has 1 aromatic rings. The van der Waals surface area contributed by atoms with E-state index in [0.717, 1.165) is 0 Å². The number of nitrogens with zero attached hydrogens (tertiary/aromatic N) is 2. The zero-order chi connectivity index (χ0) is 14.5. The third-order valence-corrected chi connectivity index (χ3v) is 4.91. The molecule has 2 fully saturated rings. The molecule has 0 saturated carbocycles. The van der Waals surface area contributed by atoms with Gasteiger partial charge in [-0.1, -0.05) is 0 Å². The van der Waals surface area contributed by atoms with E-state index in [1.807, 2.05) is 0 Å². The highest BCUT2D eigenvalue weighted by atomic mass is 15.1. The molecule has 3 nitrogen and oxygen atoms in total. The van der Waals surface area contributed by atoms with E-state index in [9.17, 15) is 0 Å². The molecular weight excluding hydrogens is 258 g/mol. The highest BCUT2D eigenvalue weighted by molar-refractivity contribution is 5.55. The molecular formula is C18H29N3. The van der Waals surface area contributed by atoms with Crippen molar-refractivity contribution in [2.75, 3.05) is 43.4 Å². The van der Waals surface area contributed by atoms with E-state index < -0.39 is 0 Å². The molecule has 116 valence electrons. The van der Waals surface area contributed by atoms with Crippen LogP contribution in [0.25, 0.3) is 0 Å². The molecule has 2 saturated heterocycles. The maximum absolute atomic E-state index is 3.73. The van der Waals surface area contributed by atoms with E-state index in [2.05, 4.69) is 46.4 Å². The fourth-order valence-corrected chi connectivity index (χ4v) is 3.54. The molecule has 3 heteroatoms. The minimum absolute atomic E-state index is 0.635. The standard InChI is InChI=1S/C18H29N3/c1-20-12-5-6-16(11-15-20)19-17-7-9-18(10-8-17)21-13-3-2-4-14-21/h7-10,16,19H,2-6,11-15H2,1H3. The smallest absolute Gasteiger partial charge is 0.0367 e. The predicted molar refractivity (Wildman–Crippen MR) is 91.3 cm³/mol. The number of piperidine rings is 1. The van der Waals surface area contributed by atoms with Crippen molar-refractivity contribution in [3.63, 3.8) is 0 Å². The summed E-state index contributed by atoms with van der Waals surface area (Å²) in [6.07, 6.45) is 7.93. The number of anilines is 2. The van der Waals surface area contributed by atoms with Crippen molar-refractivity contribution in [1.82, 2.24) is 4.90 Å². The number of rotatable bonds is 3. The fourth-order valence-electron chi connectivity index (χ4n) is 3.54. The Morgan fingerprint density at radius 1 is 0.857 bits per heavy atom. The summed E-state index contributed by atoms with van der Waals surface area (Å²) >= 11 is 0. The Balaban J connectivity index is 1.56. The van der Waals surface area contributed by atoms with Gasteiger partial charge in [-0.3, -0.25) is 0 Å². The molecule has 0 spiro atoms. The van der Waals surface area contributed by atoms with Crippen molar-refractivity contribution in [3.05, 3.63) is 24.3 Å². The summed E-state index contributed by atoms with van der Waals surface area (Å²) in [5.41, 5.74) is 2.67. The second kappa shape index (κ2) is 7.17. The van der Waals surface area contributed by atoms with Crippen LogP contribution in [0.2, 0.25) is 0 Å². The van der Waals surface area contributed by atoms with Crippen LogP contribution >= 0.6 is 0 Å². The van der Waals surface area contributed by atoms with Crippen molar-refractivity contribution in [2.45, 2.75) is 44.6 Å². The van der Waals surface area contributed by atoms with Crippen LogP contribution in [0.1, 0.15) is 38.5 Å². The quantitative estimate of drug-likeness (QED) is 0.917. The Morgan fingerprint density at radius 2 is 1.62 bits per heavy atom. The zero-order valence-corrected chi connectivity index (χ0v) is 13.4. The van der Waals surface area contributed by atoms with Gasteiger partial charge < -0.3 is 15.1 Å². The van der Waals surface area contributed by atoms with Crippen molar-refractivity contribution in [2.24, 2.45) is 0 Å². The Labute approximate surface area is 129 Å². The summed E-state index contributed by atoms with van der Waals surface area (Å²) in [5, 5.41) is 3.73. The van der Waals surface area contributed by atoms with Gasteiger partial charge in [0.25, 0.3) is 0 Å². The molecule has 21 heavy (non-hydrogen) atoms. The lowest BCUT2D eigenvalue weighted by atomic mass is 10.1. The third kappa shape index (κ3) is 4.13. The van der Waals surface area contributed by atoms with Gasteiger partial charge in [-0.2, -0.15) is 0 Å². The number of benzene rings is 1. The molecule has 1 atom stereocenters. The van der Waals surface area contributed by atoms with Crippen LogP contribution in [0.15, 0.2) is 24.3 Å². The van der Waals surface area contributed by atoms with Gasteiger partial charge in [0, 0.05) is 30.5 Å². The normalized spacial score (nSPS) is 24.6. The summed E-state index contributed by atoms with van der Waals surface area (Å²) < 4.78 is 0. The van der Waals surface area contributed by atoms with Gasteiger partial charge in [0.1, 0.15) is 0 Å². The van der Waals surface area contributed by atoms with Gasteiger partial charge in [-0.05, 0) is 82.9 Å². The average molecular weight is 287 g/mol. The molecule has 0 aliphatic carbocycles. The van der Waals surface area contributed by atoms with Crippen LogP contribution in [-0.4, -0.2) is 44.2 Å². The molecule has 0 bridgehead atoms. The molecule has 3 rings (SSSR count). The summed E-state index contributed by atoms with van der Waals surface area (Å²) in [5.74, 6) is 0. The molecule has 0 amide bonds. The summed E-state index contributed by atoms with van der Waals surface area (Å²) in [4.78, 5) is 4.97. The Bertz CT molecular complexity index is 423. The molecule has 2 aliphatic rings. The zero-order valence-electron chi connectivity index (χ0n) is 13.4. The minimum atomic E-state index is 0.635. The van der Waals surface area contributed by atoms with Crippen LogP contribution in [-0.2, 0) is 0 Å². The largest absolute Gasteiger partial charge is 0.382 e. The van der Waals surface area contributed by atoms with E-state index >= 15 is 0 Å². The molecule has 0 radical (unpaired) electrons. The topological polar surface area (TPSA) is 18.5 Å². The molecule has 2 aliphatic heterocycles. The van der Waals surface area contributed by atoms with Crippen LogP contribution in [0.3, 0.4) is 0 Å². The first kappa shape index (κ1) is 14.7. The van der Waals surface area contributed by atoms with Gasteiger partial charge >= 0.3 is 0 Å². The molecule has 1 aromatic carbocycles.